The number of esters is 1. The Kier molecular flexibility index (Phi) is 7.81. The van der Waals surface area contributed by atoms with E-state index in [0.717, 1.165) is 5.56 Å². The Morgan fingerprint density at radius 2 is 1.64 bits per heavy atom. The minimum atomic E-state index is -0.905. The average molecular weight is 400 g/mol. The lowest BCUT2D eigenvalue weighted by Crippen LogP contribution is -2.31. The predicted molar refractivity (Wildman–Crippen MR) is 111 cm³/mol. The summed E-state index contributed by atoms with van der Waals surface area (Å²) >= 11 is 1.26. The van der Waals surface area contributed by atoms with Crippen LogP contribution in [0.15, 0.2) is 53.4 Å². The van der Waals surface area contributed by atoms with Crippen LogP contribution in [0.4, 0.5) is 0 Å². The first-order valence-electron chi connectivity index (χ1n) is 9.11. The van der Waals surface area contributed by atoms with Crippen molar-refractivity contribution in [3.05, 3.63) is 65.2 Å². The number of rotatable bonds is 8. The summed E-state index contributed by atoms with van der Waals surface area (Å²) in [7, 11) is 0. The molecule has 0 saturated heterocycles. The highest BCUT2D eigenvalue weighted by atomic mass is 32.2. The van der Waals surface area contributed by atoms with Crippen molar-refractivity contribution in [2.24, 2.45) is 0 Å². The number of aryl methyl sites for hydroxylation is 1. The Hall–Kier alpha value is -2.60. The number of hydrogen-bond donors (Lipinski definition) is 1. The molecule has 28 heavy (non-hydrogen) atoms. The van der Waals surface area contributed by atoms with E-state index in [1.165, 1.54) is 11.8 Å². The minimum Gasteiger partial charge on any atom is -0.451 e. The molecule has 2 aromatic rings. The standard InChI is InChI=1S/C22H25NO4S/c1-14(2)23-20(24)13-28-19-8-6-5-7-18(19)22(26)27-16(4)21(25)17-11-9-15(3)10-12-17/h5-12,14,16H,13H2,1-4H3,(H,23,24)/t16-/m0/s1. The van der Waals surface area contributed by atoms with Crippen LogP contribution in [-0.2, 0) is 9.53 Å². The van der Waals surface area contributed by atoms with Crippen LogP contribution in [0.25, 0.3) is 0 Å². The van der Waals surface area contributed by atoms with E-state index in [-0.39, 0.29) is 23.5 Å². The fourth-order valence-electron chi connectivity index (χ4n) is 2.50. The summed E-state index contributed by atoms with van der Waals surface area (Å²) < 4.78 is 5.39. The van der Waals surface area contributed by atoms with Gasteiger partial charge in [0.25, 0.3) is 0 Å². The second-order valence-electron chi connectivity index (χ2n) is 6.78. The van der Waals surface area contributed by atoms with E-state index in [9.17, 15) is 14.4 Å². The molecule has 0 unspecified atom stereocenters. The van der Waals surface area contributed by atoms with Crippen molar-refractivity contribution in [1.82, 2.24) is 5.32 Å². The maximum atomic E-state index is 12.6. The molecule has 0 saturated carbocycles. The molecule has 1 atom stereocenters. The molecule has 0 fully saturated rings. The lowest BCUT2D eigenvalue weighted by atomic mass is 10.1. The monoisotopic (exact) mass is 399 g/mol. The van der Waals surface area contributed by atoms with E-state index in [1.54, 1.807) is 43.3 Å². The first-order chi connectivity index (χ1) is 13.3. The van der Waals surface area contributed by atoms with Gasteiger partial charge in [0, 0.05) is 16.5 Å². The van der Waals surface area contributed by atoms with Gasteiger partial charge in [0.2, 0.25) is 11.7 Å². The first kappa shape index (κ1) is 21.7. The summed E-state index contributed by atoms with van der Waals surface area (Å²) in [6, 6.07) is 14.1. The van der Waals surface area contributed by atoms with Crippen LogP contribution in [-0.4, -0.2) is 35.6 Å². The van der Waals surface area contributed by atoms with Crippen LogP contribution in [0.2, 0.25) is 0 Å². The average Bonchev–Trinajstić information content (AvgIpc) is 2.66. The zero-order valence-electron chi connectivity index (χ0n) is 16.5. The Labute approximate surface area is 169 Å². The molecule has 0 aliphatic heterocycles. The largest absolute Gasteiger partial charge is 0.451 e. The number of thioether (sulfide) groups is 1. The molecule has 0 aromatic heterocycles. The van der Waals surface area contributed by atoms with Crippen molar-refractivity contribution >= 4 is 29.4 Å². The number of Topliss-reactive ketones (excluding diaryl/α,β-unsaturated/α-hetero) is 1. The number of hydrogen-bond acceptors (Lipinski definition) is 5. The Morgan fingerprint density at radius 3 is 2.29 bits per heavy atom. The van der Waals surface area contributed by atoms with Crippen LogP contribution in [0.1, 0.15) is 47.1 Å². The van der Waals surface area contributed by atoms with Gasteiger partial charge in [0.1, 0.15) is 0 Å². The van der Waals surface area contributed by atoms with Crippen LogP contribution in [0.5, 0.6) is 0 Å². The number of amides is 1. The van der Waals surface area contributed by atoms with Crippen LogP contribution in [0.3, 0.4) is 0 Å². The van der Waals surface area contributed by atoms with Crippen molar-refractivity contribution in [3.8, 4) is 0 Å². The van der Waals surface area contributed by atoms with Gasteiger partial charge in [-0.3, -0.25) is 9.59 Å². The summed E-state index contributed by atoms with van der Waals surface area (Å²) in [5.41, 5.74) is 1.89. The SMILES string of the molecule is Cc1ccc(C(=O)[C@H](C)OC(=O)c2ccccc2SCC(=O)NC(C)C)cc1. The van der Waals surface area contributed by atoms with Crippen molar-refractivity contribution in [2.75, 3.05) is 5.75 Å². The number of ether oxygens (including phenoxy) is 1. The third-order valence-corrected chi connectivity index (χ3v) is 4.98. The second kappa shape index (κ2) is 10.1. The van der Waals surface area contributed by atoms with Gasteiger partial charge >= 0.3 is 5.97 Å². The number of carbonyl (C=O) groups is 3. The molecular weight excluding hydrogens is 374 g/mol. The molecule has 148 valence electrons. The molecule has 2 aromatic carbocycles. The summed E-state index contributed by atoms with van der Waals surface area (Å²) in [6.07, 6.45) is -0.905. The van der Waals surface area contributed by atoms with Gasteiger partial charge in [-0.25, -0.2) is 4.79 Å². The Bertz CT molecular complexity index is 846. The van der Waals surface area contributed by atoms with Gasteiger partial charge in [-0.1, -0.05) is 42.0 Å². The second-order valence-corrected chi connectivity index (χ2v) is 7.80. The van der Waals surface area contributed by atoms with Gasteiger partial charge in [-0.15, -0.1) is 11.8 Å². The zero-order valence-corrected chi connectivity index (χ0v) is 17.3. The molecule has 0 heterocycles. The van der Waals surface area contributed by atoms with Gasteiger partial charge in [-0.05, 0) is 39.8 Å². The quantitative estimate of drug-likeness (QED) is 0.412. The molecular formula is C22H25NO4S. The summed E-state index contributed by atoms with van der Waals surface area (Å²) in [4.78, 5) is 37.6. The molecule has 0 radical (unpaired) electrons. The fraction of sp³-hybridized carbons (Fsp3) is 0.318. The maximum absolute atomic E-state index is 12.6. The fourth-order valence-corrected chi connectivity index (χ4v) is 3.35. The molecule has 1 amide bonds. The van der Waals surface area contributed by atoms with Gasteiger partial charge in [-0.2, -0.15) is 0 Å². The third-order valence-electron chi connectivity index (χ3n) is 3.90. The summed E-state index contributed by atoms with van der Waals surface area (Å²) in [5, 5.41) is 2.81. The number of ketones is 1. The van der Waals surface area contributed by atoms with E-state index in [2.05, 4.69) is 5.32 Å². The predicted octanol–water partition coefficient (Wildman–Crippen LogP) is 4.04. The van der Waals surface area contributed by atoms with E-state index in [1.807, 2.05) is 32.9 Å². The summed E-state index contributed by atoms with van der Waals surface area (Å²) in [6.45, 7) is 7.28. The number of benzene rings is 2. The van der Waals surface area contributed by atoms with Crippen molar-refractivity contribution in [2.45, 2.75) is 44.7 Å². The van der Waals surface area contributed by atoms with Crippen LogP contribution < -0.4 is 5.32 Å². The van der Waals surface area contributed by atoms with Crippen LogP contribution >= 0.6 is 11.8 Å². The lowest BCUT2D eigenvalue weighted by Gasteiger charge is -2.14. The molecule has 0 aliphatic carbocycles. The molecule has 5 nitrogen and oxygen atoms in total. The van der Waals surface area contributed by atoms with Gasteiger partial charge in [0.15, 0.2) is 6.10 Å². The Balaban J connectivity index is 2.04. The van der Waals surface area contributed by atoms with E-state index < -0.39 is 12.1 Å². The zero-order chi connectivity index (χ0) is 20.7. The third kappa shape index (κ3) is 6.23. The normalized spacial score (nSPS) is 11.8. The van der Waals surface area contributed by atoms with E-state index in [4.69, 9.17) is 4.74 Å². The van der Waals surface area contributed by atoms with Crippen molar-refractivity contribution < 1.29 is 19.1 Å². The molecule has 2 rings (SSSR count). The molecule has 0 bridgehead atoms. The first-order valence-corrected chi connectivity index (χ1v) is 10.1. The molecule has 0 spiro atoms. The van der Waals surface area contributed by atoms with Crippen molar-refractivity contribution in [3.63, 3.8) is 0 Å². The molecule has 1 N–H and O–H groups in total. The molecule has 6 heteroatoms. The highest BCUT2D eigenvalue weighted by molar-refractivity contribution is 8.00. The Morgan fingerprint density at radius 1 is 1.00 bits per heavy atom. The highest BCUT2D eigenvalue weighted by Gasteiger charge is 2.22. The molecule has 0 aliphatic rings. The van der Waals surface area contributed by atoms with E-state index in [0.29, 0.717) is 16.0 Å². The topological polar surface area (TPSA) is 72.5 Å². The van der Waals surface area contributed by atoms with Gasteiger partial charge in [0.05, 0.1) is 11.3 Å². The van der Waals surface area contributed by atoms with Crippen LogP contribution in [0, 0.1) is 6.92 Å². The highest BCUT2D eigenvalue weighted by Crippen LogP contribution is 2.24. The minimum absolute atomic E-state index is 0.0574. The number of nitrogens with one attached hydrogen (secondary N) is 1. The smallest absolute Gasteiger partial charge is 0.339 e. The van der Waals surface area contributed by atoms with E-state index >= 15 is 0 Å². The lowest BCUT2D eigenvalue weighted by molar-refractivity contribution is -0.119. The summed E-state index contributed by atoms with van der Waals surface area (Å²) in [5.74, 6) is -0.749. The van der Waals surface area contributed by atoms with Crippen molar-refractivity contribution in [1.29, 1.82) is 0 Å². The maximum Gasteiger partial charge on any atom is 0.339 e. The number of carbonyl (C=O) groups excluding carboxylic acids is 3. The van der Waals surface area contributed by atoms with Gasteiger partial charge < -0.3 is 10.1 Å².